The first-order valence-electron chi connectivity index (χ1n) is 8.82. The summed E-state index contributed by atoms with van der Waals surface area (Å²) in [5.74, 6) is -0.810. The SMILES string of the molecule is O=C(CN(c1ccc(Cl)cc1)S(=O)(=O)c1ccc(Cl)c([N+](=O)[O-])c1)Nc1ncc(Cl)cc1Cl. The van der Waals surface area contributed by atoms with Crippen LogP contribution in [0.5, 0.6) is 0 Å². The van der Waals surface area contributed by atoms with E-state index >= 15 is 0 Å². The van der Waals surface area contributed by atoms with Gasteiger partial charge in [-0.05, 0) is 42.5 Å². The molecule has 33 heavy (non-hydrogen) atoms. The van der Waals surface area contributed by atoms with E-state index in [1.807, 2.05) is 0 Å². The first-order chi connectivity index (χ1) is 15.5. The van der Waals surface area contributed by atoms with Crippen molar-refractivity contribution in [3.63, 3.8) is 0 Å². The van der Waals surface area contributed by atoms with E-state index < -0.39 is 38.0 Å². The lowest BCUT2D eigenvalue weighted by atomic mass is 10.3. The van der Waals surface area contributed by atoms with E-state index in [0.717, 1.165) is 22.5 Å². The molecule has 1 heterocycles. The van der Waals surface area contributed by atoms with Crippen LogP contribution >= 0.6 is 46.4 Å². The molecule has 0 fully saturated rings. The maximum absolute atomic E-state index is 13.4. The van der Waals surface area contributed by atoms with Gasteiger partial charge >= 0.3 is 0 Å². The van der Waals surface area contributed by atoms with Crippen molar-refractivity contribution in [2.24, 2.45) is 0 Å². The third kappa shape index (κ3) is 5.84. The van der Waals surface area contributed by atoms with Gasteiger partial charge in [0, 0.05) is 17.3 Å². The van der Waals surface area contributed by atoms with Crippen LogP contribution < -0.4 is 9.62 Å². The second kappa shape index (κ2) is 10.1. The van der Waals surface area contributed by atoms with E-state index in [1.165, 1.54) is 36.5 Å². The van der Waals surface area contributed by atoms with E-state index in [0.29, 0.717) is 5.02 Å². The first kappa shape index (κ1) is 25.0. The number of benzene rings is 2. The highest BCUT2D eigenvalue weighted by Crippen LogP contribution is 2.31. The molecule has 1 amide bonds. The van der Waals surface area contributed by atoms with Crippen molar-refractivity contribution in [2.75, 3.05) is 16.2 Å². The Morgan fingerprint density at radius 1 is 1.00 bits per heavy atom. The van der Waals surface area contributed by atoms with E-state index in [1.54, 1.807) is 0 Å². The quantitative estimate of drug-likeness (QED) is 0.309. The van der Waals surface area contributed by atoms with Crippen LogP contribution in [0, 0.1) is 10.1 Å². The van der Waals surface area contributed by atoms with Gasteiger partial charge in [-0.25, -0.2) is 13.4 Å². The summed E-state index contributed by atoms with van der Waals surface area (Å²) in [4.78, 5) is 26.6. The molecule has 0 radical (unpaired) electrons. The Morgan fingerprint density at radius 3 is 2.27 bits per heavy atom. The number of nitrogens with one attached hydrogen (secondary N) is 1. The second-order valence-electron chi connectivity index (χ2n) is 6.39. The monoisotopic (exact) mass is 548 g/mol. The van der Waals surface area contributed by atoms with Gasteiger partial charge in [0.2, 0.25) is 5.91 Å². The highest BCUT2D eigenvalue weighted by Gasteiger charge is 2.30. The Kier molecular flexibility index (Phi) is 7.65. The number of anilines is 2. The van der Waals surface area contributed by atoms with E-state index in [4.69, 9.17) is 46.4 Å². The largest absolute Gasteiger partial charge is 0.308 e. The number of hydrogen-bond acceptors (Lipinski definition) is 6. The third-order valence-electron chi connectivity index (χ3n) is 4.17. The molecule has 0 bridgehead atoms. The number of pyridine rings is 1. The zero-order chi connectivity index (χ0) is 24.3. The van der Waals surface area contributed by atoms with Gasteiger partial charge < -0.3 is 5.32 Å². The first-order valence-corrected chi connectivity index (χ1v) is 11.8. The average Bonchev–Trinajstić information content (AvgIpc) is 2.74. The summed E-state index contributed by atoms with van der Waals surface area (Å²) in [6, 6.07) is 9.98. The molecule has 0 atom stereocenters. The fraction of sp³-hybridized carbons (Fsp3) is 0.0526. The van der Waals surface area contributed by atoms with Crippen molar-refractivity contribution >= 4 is 79.5 Å². The molecule has 14 heteroatoms. The summed E-state index contributed by atoms with van der Waals surface area (Å²) in [6.07, 6.45) is 1.25. The maximum Gasteiger partial charge on any atom is 0.289 e. The Morgan fingerprint density at radius 2 is 1.67 bits per heavy atom. The van der Waals surface area contributed by atoms with Crippen molar-refractivity contribution in [1.82, 2.24) is 4.98 Å². The van der Waals surface area contributed by atoms with Gasteiger partial charge in [-0.2, -0.15) is 0 Å². The van der Waals surface area contributed by atoms with Gasteiger partial charge in [0.15, 0.2) is 5.82 Å². The molecule has 1 aromatic heterocycles. The van der Waals surface area contributed by atoms with E-state index in [-0.39, 0.29) is 26.6 Å². The van der Waals surface area contributed by atoms with Crippen molar-refractivity contribution in [3.8, 4) is 0 Å². The van der Waals surface area contributed by atoms with Crippen LogP contribution in [-0.2, 0) is 14.8 Å². The van der Waals surface area contributed by atoms with Gasteiger partial charge in [-0.3, -0.25) is 19.2 Å². The molecule has 1 N–H and O–H groups in total. The number of carbonyl (C=O) groups is 1. The number of hydrogen-bond donors (Lipinski definition) is 1. The fourth-order valence-electron chi connectivity index (χ4n) is 2.65. The van der Waals surface area contributed by atoms with Gasteiger partial charge in [-0.15, -0.1) is 0 Å². The molecular weight excluding hydrogens is 538 g/mol. The van der Waals surface area contributed by atoms with Crippen LogP contribution in [0.3, 0.4) is 0 Å². The number of aromatic nitrogens is 1. The van der Waals surface area contributed by atoms with Crippen LogP contribution in [0.4, 0.5) is 17.2 Å². The third-order valence-corrected chi connectivity index (χ3v) is 7.01. The molecule has 0 saturated carbocycles. The highest BCUT2D eigenvalue weighted by atomic mass is 35.5. The highest BCUT2D eigenvalue weighted by molar-refractivity contribution is 7.92. The van der Waals surface area contributed by atoms with Gasteiger partial charge in [0.25, 0.3) is 15.7 Å². The minimum atomic E-state index is -4.45. The predicted octanol–water partition coefficient (Wildman–Crippen LogP) is 5.44. The normalized spacial score (nSPS) is 11.2. The number of carbonyl (C=O) groups excluding carboxylic acids is 1. The number of nitro benzene ring substituents is 1. The lowest BCUT2D eigenvalue weighted by Gasteiger charge is -2.24. The summed E-state index contributed by atoms with van der Waals surface area (Å²) in [6.45, 7) is -0.707. The number of nitro groups is 1. The molecule has 0 saturated heterocycles. The number of halogens is 4. The zero-order valence-electron chi connectivity index (χ0n) is 16.2. The lowest BCUT2D eigenvalue weighted by molar-refractivity contribution is -0.384. The van der Waals surface area contributed by atoms with Gasteiger partial charge in [0.1, 0.15) is 11.6 Å². The van der Waals surface area contributed by atoms with Crippen molar-refractivity contribution in [2.45, 2.75) is 4.90 Å². The summed E-state index contributed by atoms with van der Waals surface area (Å²) in [5.41, 5.74) is -0.516. The Bertz CT molecular complexity index is 1340. The molecular formula is C19H12Cl4N4O5S. The van der Waals surface area contributed by atoms with Crippen molar-refractivity contribution < 1.29 is 18.1 Å². The van der Waals surface area contributed by atoms with Crippen LogP contribution in [0.15, 0.2) is 59.6 Å². The maximum atomic E-state index is 13.4. The van der Waals surface area contributed by atoms with Crippen molar-refractivity contribution in [3.05, 3.63) is 84.9 Å². The Hall–Kier alpha value is -2.63. The molecule has 9 nitrogen and oxygen atoms in total. The van der Waals surface area contributed by atoms with Crippen LogP contribution in [0.2, 0.25) is 20.1 Å². The van der Waals surface area contributed by atoms with E-state index in [2.05, 4.69) is 10.3 Å². The molecule has 2 aromatic carbocycles. The number of nitrogens with zero attached hydrogens (tertiary/aromatic N) is 3. The van der Waals surface area contributed by atoms with Crippen molar-refractivity contribution in [1.29, 1.82) is 0 Å². The predicted molar refractivity (Wildman–Crippen MR) is 127 cm³/mol. The standard InChI is InChI=1S/C19H12Cl4N4O5S/c20-11-1-3-13(4-2-11)26(10-18(28)25-19-16(23)7-12(21)9-24-19)33(31,32)14-5-6-15(22)17(8-14)27(29)30/h1-9H,10H2,(H,24,25,28). The van der Waals surface area contributed by atoms with Crippen LogP contribution in [0.25, 0.3) is 0 Å². The lowest BCUT2D eigenvalue weighted by Crippen LogP contribution is -2.38. The molecule has 0 aliphatic rings. The minimum absolute atomic E-state index is 0.0262. The van der Waals surface area contributed by atoms with E-state index in [9.17, 15) is 23.3 Å². The minimum Gasteiger partial charge on any atom is -0.308 e. The topological polar surface area (TPSA) is 123 Å². The van der Waals surface area contributed by atoms with Gasteiger partial charge in [-0.1, -0.05) is 46.4 Å². The molecule has 0 aliphatic heterocycles. The second-order valence-corrected chi connectivity index (χ2v) is 9.94. The molecule has 0 aliphatic carbocycles. The van der Waals surface area contributed by atoms with Crippen LogP contribution in [0.1, 0.15) is 0 Å². The van der Waals surface area contributed by atoms with Crippen LogP contribution in [-0.4, -0.2) is 30.8 Å². The summed E-state index contributed by atoms with van der Waals surface area (Å²) in [7, 11) is -4.45. The smallest absolute Gasteiger partial charge is 0.289 e. The average molecular weight is 550 g/mol. The number of amides is 1. The number of sulfonamides is 1. The Labute approximate surface area is 208 Å². The molecule has 3 aromatic rings. The summed E-state index contributed by atoms with van der Waals surface area (Å²) in [5, 5.41) is 14.0. The number of rotatable bonds is 7. The zero-order valence-corrected chi connectivity index (χ0v) is 20.0. The summed E-state index contributed by atoms with van der Waals surface area (Å²) >= 11 is 23.5. The molecule has 172 valence electrons. The molecule has 3 rings (SSSR count). The summed E-state index contributed by atoms with van der Waals surface area (Å²) < 4.78 is 27.5. The fourth-order valence-corrected chi connectivity index (χ4v) is 4.83. The Balaban J connectivity index is 2.01. The molecule has 0 spiro atoms. The molecule has 0 unspecified atom stereocenters. The van der Waals surface area contributed by atoms with Gasteiger partial charge in [0.05, 0.1) is 25.6 Å².